The van der Waals surface area contributed by atoms with E-state index in [-0.39, 0.29) is 25.1 Å². The van der Waals surface area contributed by atoms with Gasteiger partial charge in [-0.25, -0.2) is 13.2 Å². The highest BCUT2D eigenvalue weighted by molar-refractivity contribution is 5.66. The first-order valence-electron chi connectivity index (χ1n) is 5.51. The van der Waals surface area contributed by atoms with Crippen LogP contribution in [0.15, 0.2) is 12.1 Å². The molecule has 0 fully saturated rings. The van der Waals surface area contributed by atoms with Gasteiger partial charge in [0.15, 0.2) is 17.5 Å². The Balaban J connectivity index is 2.72. The lowest BCUT2D eigenvalue weighted by Gasteiger charge is -2.19. The predicted octanol–water partition coefficient (Wildman–Crippen LogP) is 2.40. The molecule has 0 aliphatic rings. The standard InChI is InChI=1S/C12H14F3NO2/c1-2-16(4-3-11(17)18)7-8-5-9(13)12(15)10(14)6-8/h5-6H,2-4,7H2,1H3,(H,17,18). The summed E-state index contributed by atoms with van der Waals surface area (Å²) in [6, 6.07) is 1.84. The number of hydrogen-bond acceptors (Lipinski definition) is 2. The molecule has 0 amide bonds. The molecule has 1 aromatic rings. The van der Waals surface area contributed by atoms with Gasteiger partial charge in [-0.05, 0) is 24.2 Å². The van der Waals surface area contributed by atoms with Crippen LogP contribution in [0.4, 0.5) is 13.2 Å². The molecular formula is C12H14F3NO2. The van der Waals surface area contributed by atoms with Gasteiger partial charge in [0, 0.05) is 13.1 Å². The maximum atomic E-state index is 13.0. The third-order valence-corrected chi connectivity index (χ3v) is 2.54. The first-order chi connectivity index (χ1) is 8.43. The van der Waals surface area contributed by atoms with E-state index in [1.54, 1.807) is 11.8 Å². The van der Waals surface area contributed by atoms with Crippen LogP contribution in [0, 0.1) is 17.5 Å². The lowest BCUT2D eigenvalue weighted by molar-refractivity contribution is -0.137. The zero-order valence-corrected chi connectivity index (χ0v) is 9.92. The van der Waals surface area contributed by atoms with Crippen LogP contribution < -0.4 is 0 Å². The number of carbonyl (C=O) groups is 1. The molecule has 0 unspecified atom stereocenters. The van der Waals surface area contributed by atoms with Gasteiger partial charge in [0.25, 0.3) is 0 Å². The number of rotatable bonds is 6. The summed E-state index contributed by atoms with van der Waals surface area (Å²) in [4.78, 5) is 12.1. The first-order valence-corrected chi connectivity index (χ1v) is 5.51. The van der Waals surface area contributed by atoms with E-state index in [2.05, 4.69) is 0 Å². The van der Waals surface area contributed by atoms with Crippen LogP contribution in [0.1, 0.15) is 18.9 Å². The fourth-order valence-corrected chi connectivity index (χ4v) is 1.56. The molecule has 0 saturated heterocycles. The van der Waals surface area contributed by atoms with Crippen LogP contribution in [0.5, 0.6) is 0 Å². The predicted molar refractivity (Wildman–Crippen MR) is 59.5 cm³/mol. The zero-order valence-electron chi connectivity index (χ0n) is 9.92. The van der Waals surface area contributed by atoms with E-state index < -0.39 is 23.4 Å². The monoisotopic (exact) mass is 261 g/mol. The maximum Gasteiger partial charge on any atom is 0.304 e. The summed E-state index contributed by atoms with van der Waals surface area (Å²) >= 11 is 0. The molecule has 0 aliphatic carbocycles. The minimum Gasteiger partial charge on any atom is -0.481 e. The quantitative estimate of drug-likeness (QED) is 0.799. The van der Waals surface area contributed by atoms with E-state index in [0.717, 1.165) is 12.1 Å². The van der Waals surface area contributed by atoms with Gasteiger partial charge in [-0.2, -0.15) is 0 Å². The van der Waals surface area contributed by atoms with Crippen molar-refractivity contribution in [2.24, 2.45) is 0 Å². The van der Waals surface area contributed by atoms with E-state index in [0.29, 0.717) is 6.54 Å². The molecule has 100 valence electrons. The maximum absolute atomic E-state index is 13.0. The van der Waals surface area contributed by atoms with Crippen LogP contribution in [-0.4, -0.2) is 29.1 Å². The number of benzene rings is 1. The van der Waals surface area contributed by atoms with Crippen molar-refractivity contribution >= 4 is 5.97 Å². The summed E-state index contributed by atoms with van der Waals surface area (Å²) in [5.74, 6) is -4.91. The summed E-state index contributed by atoms with van der Waals surface area (Å²) < 4.78 is 38.7. The van der Waals surface area contributed by atoms with Crippen molar-refractivity contribution in [2.45, 2.75) is 19.9 Å². The van der Waals surface area contributed by atoms with Gasteiger partial charge in [-0.3, -0.25) is 9.69 Å². The smallest absolute Gasteiger partial charge is 0.304 e. The summed E-state index contributed by atoms with van der Waals surface area (Å²) in [6.07, 6.45) is -0.0556. The van der Waals surface area contributed by atoms with Crippen molar-refractivity contribution in [3.05, 3.63) is 35.1 Å². The minimum atomic E-state index is -1.49. The second kappa shape index (κ2) is 6.39. The summed E-state index contributed by atoms with van der Waals surface area (Å²) in [5, 5.41) is 8.55. The fraction of sp³-hybridized carbons (Fsp3) is 0.417. The molecule has 1 aromatic carbocycles. The molecule has 18 heavy (non-hydrogen) atoms. The Kier molecular flexibility index (Phi) is 5.15. The molecule has 1 rings (SSSR count). The third kappa shape index (κ3) is 4.03. The molecule has 0 spiro atoms. The SMILES string of the molecule is CCN(CCC(=O)O)Cc1cc(F)c(F)c(F)c1. The second-order valence-corrected chi connectivity index (χ2v) is 3.89. The van der Waals surface area contributed by atoms with Crippen LogP contribution in [0.2, 0.25) is 0 Å². The van der Waals surface area contributed by atoms with Crippen LogP contribution in [0.25, 0.3) is 0 Å². The van der Waals surface area contributed by atoms with Crippen molar-refractivity contribution in [3.63, 3.8) is 0 Å². The second-order valence-electron chi connectivity index (χ2n) is 3.89. The van der Waals surface area contributed by atoms with Gasteiger partial charge in [0.05, 0.1) is 6.42 Å². The van der Waals surface area contributed by atoms with Crippen LogP contribution >= 0.6 is 0 Å². The van der Waals surface area contributed by atoms with Crippen molar-refractivity contribution in [1.82, 2.24) is 4.90 Å². The Hall–Kier alpha value is -1.56. The number of aliphatic carboxylic acids is 1. The molecule has 0 bridgehead atoms. The number of carboxylic acid groups (broad SMARTS) is 1. The lowest BCUT2D eigenvalue weighted by Crippen LogP contribution is -2.25. The summed E-state index contributed by atoms with van der Waals surface area (Å²) in [7, 11) is 0. The Labute approximate surface area is 103 Å². The largest absolute Gasteiger partial charge is 0.481 e. The highest BCUT2D eigenvalue weighted by Gasteiger charge is 2.13. The normalized spacial score (nSPS) is 10.9. The molecule has 3 nitrogen and oxygen atoms in total. The summed E-state index contributed by atoms with van der Waals surface area (Å²) in [6.45, 7) is 2.79. The molecule has 0 atom stereocenters. The van der Waals surface area contributed by atoms with Gasteiger partial charge in [-0.1, -0.05) is 6.92 Å². The Morgan fingerprint density at radius 3 is 2.28 bits per heavy atom. The van der Waals surface area contributed by atoms with Gasteiger partial charge >= 0.3 is 5.97 Å². The van der Waals surface area contributed by atoms with E-state index in [1.807, 2.05) is 0 Å². The lowest BCUT2D eigenvalue weighted by atomic mass is 10.2. The first kappa shape index (κ1) is 14.5. The number of hydrogen-bond donors (Lipinski definition) is 1. The van der Waals surface area contributed by atoms with Crippen molar-refractivity contribution < 1.29 is 23.1 Å². The molecule has 0 aromatic heterocycles. The molecule has 0 heterocycles. The molecular weight excluding hydrogens is 247 g/mol. The third-order valence-electron chi connectivity index (χ3n) is 2.54. The van der Waals surface area contributed by atoms with Crippen molar-refractivity contribution in [3.8, 4) is 0 Å². The van der Waals surface area contributed by atoms with Gasteiger partial charge in [-0.15, -0.1) is 0 Å². The molecule has 0 aliphatic heterocycles. The van der Waals surface area contributed by atoms with Crippen LogP contribution in [-0.2, 0) is 11.3 Å². The number of carboxylic acids is 1. The van der Waals surface area contributed by atoms with E-state index in [4.69, 9.17) is 5.11 Å². The topological polar surface area (TPSA) is 40.5 Å². The molecule has 0 radical (unpaired) electrons. The van der Waals surface area contributed by atoms with E-state index in [9.17, 15) is 18.0 Å². The van der Waals surface area contributed by atoms with E-state index in [1.165, 1.54) is 0 Å². The van der Waals surface area contributed by atoms with Crippen molar-refractivity contribution in [2.75, 3.05) is 13.1 Å². The Morgan fingerprint density at radius 2 is 1.83 bits per heavy atom. The number of nitrogens with zero attached hydrogens (tertiary/aromatic N) is 1. The van der Waals surface area contributed by atoms with Gasteiger partial charge in [0.2, 0.25) is 0 Å². The Morgan fingerprint density at radius 1 is 1.28 bits per heavy atom. The molecule has 6 heteroatoms. The highest BCUT2D eigenvalue weighted by Crippen LogP contribution is 2.15. The minimum absolute atomic E-state index is 0.0556. The summed E-state index contributed by atoms with van der Waals surface area (Å²) in [5.41, 5.74) is 0.277. The molecule has 1 N–H and O–H groups in total. The van der Waals surface area contributed by atoms with Crippen molar-refractivity contribution in [1.29, 1.82) is 0 Å². The highest BCUT2D eigenvalue weighted by atomic mass is 19.2. The van der Waals surface area contributed by atoms with Crippen LogP contribution in [0.3, 0.4) is 0 Å². The van der Waals surface area contributed by atoms with E-state index >= 15 is 0 Å². The zero-order chi connectivity index (χ0) is 13.7. The average molecular weight is 261 g/mol. The number of halogens is 3. The Bertz CT molecular complexity index is 414. The molecule has 0 saturated carbocycles. The van der Waals surface area contributed by atoms with Gasteiger partial charge < -0.3 is 5.11 Å². The van der Waals surface area contributed by atoms with Gasteiger partial charge in [0.1, 0.15) is 0 Å². The average Bonchev–Trinajstić information content (AvgIpc) is 2.31. The fourth-order valence-electron chi connectivity index (χ4n) is 1.56.